The molecule has 106 valence electrons. The van der Waals surface area contributed by atoms with E-state index in [0.717, 1.165) is 16.5 Å². The molecule has 0 aliphatic heterocycles. The normalized spacial score (nSPS) is 12.4. The standard InChI is InChI=1S/C18H18N2O/c21-18(14-6-2-1-3-7-14)13-19-12-15-10-11-20-17-9-5-4-8-16(15)17/h1-11,18-19,21H,12-13H2. The summed E-state index contributed by atoms with van der Waals surface area (Å²) in [6.45, 7) is 1.24. The molecule has 3 nitrogen and oxygen atoms in total. The molecule has 1 atom stereocenters. The number of para-hydroxylation sites is 1. The van der Waals surface area contributed by atoms with Crippen LogP contribution in [0.15, 0.2) is 66.9 Å². The first kappa shape index (κ1) is 13.7. The number of benzene rings is 2. The van der Waals surface area contributed by atoms with Gasteiger partial charge in [0.2, 0.25) is 0 Å². The molecular formula is C18H18N2O. The fraction of sp³-hybridized carbons (Fsp3) is 0.167. The highest BCUT2D eigenvalue weighted by Crippen LogP contribution is 2.16. The quantitative estimate of drug-likeness (QED) is 0.754. The minimum Gasteiger partial charge on any atom is -0.387 e. The first-order valence-electron chi connectivity index (χ1n) is 7.11. The van der Waals surface area contributed by atoms with E-state index in [4.69, 9.17) is 0 Å². The molecule has 0 saturated carbocycles. The van der Waals surface area contributed by atoms with E-state index < -0.39 is 6.10 Å². The maximum Gasteiger partial charge on any atom is 0.0914 e. The van der Waals surface area contributed by atoms with Crippen LogP contribution in [-0.2, 0) is 6.54 Å². The van der Waals surface area contributed by atoms with Crippen LogP contribution in [0.2, 0.25) is 0 Å². The van der Waals surface area contributed by atoms with E-state index in [1.54, 1.807) is 0 Å². The Kier molecular flexibility index (Phi) is 4.24. The molecule has 2 N–H and O–H groups in total. The average Bonchev–Trinajstić information content (AvgIpc) is 2.56. The van der Waals surface area contributed by atoms with Gasteiger partial charge in [-0.1, -0.05) is 48.5 Å². The fourth-order valence-corrected chi connectivity index (χ4v) is 2.45. The van der Waals surface area contributed by atoms with Gasteiger partial charge in [0.1, 0.15) is 0 Å². The molecule has 0 bridgehead atoms. The van der Waals surface area contributed by atoms with E-state index >= 15 is 0 Å². The number of hydrogen-bond donors (Lipinski definition) is 2. The summed E-state index contributed by atoms with van der Waals surface area (Å²) in [7, 11) is 0. The van der Waals surface area contributed by atoms with Crippen LogP contribution in [0.5, 0.6) is 0 Å². The third-order valence-electron chi connectivity index (χ3n) is 3.58. The number of hydrogen-bond acceptors (Lipinski definition) is 3. The number of rotatable bonds is 5. The lowest BCUT2D eigenvalue weighted by Gasteiger charge is -2.13. The average molecular weight is 278 g/mol. The molecule has 0 fully saturated rings. The molecule has 21 heavy (non-hydrogen) atoms. The number of nitrogens with zero attached hydrogens (tertiary/aromatic N) is 1. The Balaban J connectivity index is 1.65. The van der Waals surface area contributed by atoms with Crippen molar-refractivity contribution in [2.45, 2.75) is 12.6 Å². The Morgan fingerprint density at radius 2 is 1.71 bits per heavy atom. The monoisotopic (exact) mass is 278 g/mol. The van der Waals surface area contributed by atoms with Crippen molar-refractivity contribution >= 4 is 10.9 Å². The maximum absolute atomic E-state index is 10.1. The van der Waals surface area contributed by atoms with Gasteiger partial charge >= 0.3 is 0 Å². The topological polar surface area (TPSA) is 45.1 Å². The molecule has 0 saturated heterocycles. The second-order valence-corrected chi connectivity index (χ2v) is 5.04. The van der Waals surface area contributed by atoms with Gasteiger partial charge < -0.3 is 10.4 Å². The number of aliphatic hydroxyl groups excluding tert-OH is 1. The predicted octanol–water partition coefficient (Wildman–Crippen LogP) is 3.06. The largest absolute Gasteiger partial charge is 0.387 e. The van der Waals surface area contributed by atoms with Crippen LogP contribution in [0.3, 0.4) is 0 Å². The number of fused-ring (bicyclic) bond motifs is 1. The van der Waals surface area contributed by atoms with E-state index in [1.165, 1.54) is 5.56 Å². The predicted molar refractivity (Wildman–Crippen MR) is 84.9 cm³/mol. The summed E-state index contributed by atoms with van der Waals surface area (Å²) in [5.74, 6) is 0. The molecule has 1 aromatic heterocycles. The number of aromatic nitrogens is 1. The van der Waals surface area contributed by atoms with Crippen LogP contribution in [0.4, 0.5) is 0 Å². The van der Waals surface area contributed by atoms with Crippen molar-refractivity contribution in [3.63, 3.8) is 0 Å². The van der Waals surface area contributed by atoms with Crippen LogP contribution < -0.4 is 5.32 Å². The molecule has 1 unspecified atom stereocenters. The van der Waals surface area contributed by atoms with E-state index in [-0.39, 0.29) is 0 Å². The minimum absolute atomic E-state index is 0.487. The van der Waals surface area contributed by atoms with Gasteiger partial charge in [0.15, 0.2) is 0 Å². The fourth-order valence-electron chi connectivity index (χ4n) is 2.45. The number of pyridine rings is 1. The van der Waals surface area contributed by atoms with Gasteiger partial charge in [-0.2, -0.15) is 0 Å². The van der Waals surface area contributed by atoms with E-state index in [2.05, 4.69) is 16.4 Å². The molecule has 0 spiro atoms. The van der Waals surface area contributed by atoms with Crippen molar-refractivity contribution < 1.29 is 5.11 Å². The second kappa shape index (κ2) is 6.48. The van der Waals surface area contributed by atoms with Crippen LogP contribution in [-0.4, -0.2) is 16.6 Å². The first-order valence-corrected chi connectivity index (χ1v) is 7.11. The zero-order valence-electron chi connectivity index (χ0n) is 11.7. The highest BCUT2D eigenvalue weighted by Gasteiger charge is 2.07. The van der Waals surface area contributed by atoms with Crippen LogP contribution >= 0.6 is 0 Å². The van der Waals surface area contributed by atoms with Crippen molar-refractivity contribution in [2.75, 3.05) is 6.54 Å². The van der Waals surface area contributed by atoms with Crippen molar-refractivity contribution in [1.29, 1.82) is 0 Å². The molecule has 2 aromatic carbocycles. The molecule has 0 radical (unpaired) electrons. The molecule has 0 aliphatic rings. The molecule has 3 aromatic rings. The Hall–Kier alpha value is -2.23. The van der Waals surface area contributed by atoms with Gasteiger partial charge in [0, 0.05) is 24.7 Å². The lowest BCUT2D eigenvalue weighted by molar-refractivity contribution is 0.174. The molecular weight excluding hydrogens is 260 g/mol. The van der Waals surface area contributed by atoms with E-state index in [9.17, 15) is 5.11 Å². The highest BCUT2D eigenvalue weighted by atomic mass is 16.3. The van der Waals surface area contributed by atoms with E-state index in [0.29, 0.717) is 13.1 Å². The molecule has 0 amide bonds. The SMILES string of the molecule is OC(CNCc1ccnc2ccccc12)c1ccccc1. The summed E-state index contributed by atoms with van der Waals surface area (Å²) in [6, 6.07) is 19.8. The van der Waals surface area contributed by atoms with Crippen LogP contribution in [0.25, 0.3) is 10.9 Å². The smallest absolute Gasteiger partial charge is 0.0914 e. The zero-order valence-corrected chi connectivity index (χ0v) is 11.7. The molecule has 0 aliphatic carbocycles. The summed E-state index contributed by atoms with van der Waals surface area (Å²) in [5, 5.41) is 14.6. The summed E-state index contributed by atoms with van der Waals surface area (Å²) >= 11 is 0. The third-order valence-corrected chi connectivity index (χ3v) is 3.58. The lowest BCUT2D eigenvalue weighted by Crippen LogP contribution is -2.21. The molecule has 3 heteroatoms. The maximum atomic E-state index is 10.1. The number of nitrogens with one attached hydrogen (secondary N) is 1. The van der Waals surface area contributed by atoms with Crippen molar-refractivity contribution in [2.24, 2.45) is 0 Å². The van der Waals surface area contributed by atoms with Gasteiger partial charge in [-0.25, -0.2) is 0 Å². The Morgan fingerprint density at radius 3 is 2.57 bits per heavy atom. The Morgan fingerprint density at radius 1 is 0.952 bits per heavy atom. The first-order chi connectivity index (χ1) is 10.3. The van der Waals surface area contributed by atoms with Gasteiger partial charge in [-0.3, -0.25) is 4.98 Å². The van der Waals surface area contributed by atoms with Crippen molar-refractivity contribution in [3.05, 3.63) is 78.0 Å². The molecule has 1 heterocycles. The highest BCUT2D eigenvalue weighted by molar-refractivity contribution is 5.81. The van der Waals surface area contributed by atoms with Crippen molar-refractivity contribution in [3.8, 4) is 0 Å². The number of aliphatic hydroxyl groups is 1. The van der Waals surface area contributed by atoms with Gasteiger partial charge in [-0.05, 0) is 23.3 Å². The third kappa shape index (κ3) is 3.27. The lowest BCUT2D eigenvalue weighted by atomic mass is 10.1. The van der Waals surface area contributed by atoms with Crippen molar-refractivity contribution in [1.82, 2.24) is 10.3 Å². The minimum atomic E-state index is -0.487. The van der Waals surface area contributed by atoms with Crippen LogP contribution in [0.1, 0.15) is 17.2 Å². The molecule has 3 rings (SSSR count). The summed E-state index contributed by atoms with van der Waals surface area (Å²) < 4.78 is 0. The van der Waals surface area contributed by atoms with E-state index in [1.807, 2.05) is 60.8 Å². The van der Waals surface area contributed by atoms with Gasteiger partial charge in [0.05, 0.1) is 11.6 Å². The Labute approximate surface area is 124 Å². The summed E-state index contributed by atoms with van der Waals surface area (Å²) in [4.78, 5) is 4.36. The summed E-state index contributed by atoms with van der Waals surface area (Å²) in [5.41, 5.74) is 3.13. The van der Waals surface area contributed by atoms with Gasteiger partial charge in [-0.15, -0.1) is 0 Å². The zero-order chi connectivity index (χ0) is 14.5. The summed E-state index contributed by atoms with van der Waals surface area (Å²) in [6.07, 6.45) is 1.34. The second-order valence-electron chi connectivity index (χ2n) is 5.04. The Bertz CT molecular complexity index is 707. The van der Waals surface area contributed by atoms with Gasteiger partial charge in [0.25, 0.3) is 0 Å². The van der Waals surface area contributed by atoms with Crippen LogP contribution in [0, 0.1) is 0 Å².